The lowest BCUT2D eigenvalue weighted by Gasteiger charge is -2.09. The van der Waals surface area contributed by atoms with E-state index in [0.717, 1.165) is 27.5 Å². The molecule has 0 N–H and O–H groups in total. The highest BCUT2D eigenvalue weighted by Crippen LogP contribution is 2.31. The van der Waals surface area contributed by atoms with Crippen LogP contribution in [-0.2, 0) is 0 Å². The van der Waals surface area contributed by atoms with E-state index < -0.39 is 0 Å². The maximum atomic E-state index is 4.28. The fourth-order valence-corrected chi connectivity index (χ4v) is 3.30. The summed E-state index contributed by atoms with van der Waals surface area (Å²) in [5, 5.41) is 4.75. The van der Waals surface area contributed by atoms with Crippen LogP contribution >= 0.6 is 0 Å². The van der Waals surface area contributed by atoms with Crippen molar-refractivity contribution in [2.75, 3.05) is 0 Å². The minimum absolute atomic E-state index is 1.13. The number of pyridine rings is 2. The summed E-state index contributed by atoms with van der Waals surface area (Å²) < 4.78 is 2.28. The van der Waals surface area contributed by atoms with Crippen LogP contribution in [0.2, 0.25) is 0 Å². The molecule has 2 aromatic carbocycles. The fourth-order valence-electron chi connectivity index (χ4n) is 3.30. The first-order valence-corrected chi connectivity index (χ1v) is 7.59. The smallest absolute Gasteiger partial charge is 0.0572 e. The molecule has 108 valence electrons. The summed E-state index contributed by atoms with van der Waals surface area (Å²) in [6.45, 7) is 0. The van der Waals surface area contributed by atoms with E-state index in [1.54, 1.807) is 0 Å². The molecule has 0 saturated heterocycles. The highest BCUT2D eigenvalue weighted by Gasteiger charge is 2.12. The minimum Gasteiger partial charge on any atom is -0.309 e. The SMILES string of the molecule is c1ccc2cc(-n3c4ccncc4c4cnccc43)ccc2c1. The molecule has 3 heterocycles. The van der Waals surface area contributed by atoms with E-state index in [1.807, 2.05) is 24.8 Å². The van der Waals surface area contributed by atoms with E-state index in [-0.39, 0.29) is 0 Å². The number of nitrogens with zero attached hydrogens (tertiary/aromatic N) is 3. The van der Waals surface area contributed by atoms with Crippen molar-refractivity contribution in [3.63, 3.8) is 0 Å². The first kappa shape index (κ1) is 12.4. The van der Waals surface area contributed by atoms with Crippen molar-refractivity contribution in [3.05, 3.63) is 79.4 Å². The van der Waals surface area contributed by atoms with E-state index in [1.165, 1.54) is 10.8 Å². The van der Waals surface area contributed by atoms with Crippen LogP contribution in [0.3, 0.4) is 0 Å². The monoisotopic (exact) mass is 295 g/mol. The summed E-state index contributed by atoms with van der Waals surface area (Å²) >= 11 is 0. The van der Waals surface area contributed by atoms with Crippen molar-refractivity contribution < 1.29 is 0 Å². The molecular weight excluding hydrogens is 282 g/mol. The van der Waals surface area contributed by atoms with E-state index in [9.17, 15) is 0 Å². The van der Waals surface area contributed by atoms with Gasteiger partial charge in [-0.2, -0.15) is 0 Å². The van der Waals surface area contributed by atoms with Gasteiger partial charge in [-0.25, -0.2) is 0 Å². The third kappa shape index (κ3) is 1.77. The number of hydrogen-bond acceptors (Lipinski definition) is 2. The molecule has 0 atom stereocenters. The first-order valence-electron chi connectivity index (χ1n) is 7.59. The second kappa shape index (κ2) is 4.65. The quantitative estimate of drug-likeness (QED) is 0.448. The van der Waals surface area contributed by atoms with Gasteiger partial charge in [0.1, 0.15) is 0 Å². The summed E-state index contributed by atoms with van der Waals surface area (Å²) in [6.07, 6.45) is 7.51. The van der Waals surface area contributed by atoms with Crippen molar-refractivity contribution >= 4 is 32.6 Å². The summed E-state index contributed by atoms with van der Waals surface area (Å²) in [6, 6.07) is 19.1. The largest absolute Gasteiger partial charge is 0.309 e. The Bertz CT molecular complexity index is 1120. The molecule has 0 bridgehead atoms. The molecule has 23 heavy (non-hydrogen) atoms. The van der Waals surface area contributed by atoms with Crippen LogP contribution in [-0.4, -0.2) is 14.5 Å². The van der Waals surface area contributed by atoms with Gasteiger partial charge in [-0.05, 0) is 35.0 Å². The molecule has 0 aliphatic rings. The van der Waals surface area contributed by atoms with Crippen LogP contribution in [0.25, 0.3) is 38.3 Å². The van der Waals surface area contributed by atoms with Crippen LogP contribution in [0.5, 0.6) is 0 Å². The average molecular weight is 295 g/mol. The van der Waals surface area contributed by atoms with Crippen LogP contribution in [0.4, 0.5) is 0 Å². The predicted octanol–water partition coefficient (Wildman–Crippen LogP) is 4.73. The van der Waals surface area contributed by atoms with Gasteiger partial charge in [0.2, 0.25) is 0 Å². The van der Waals surface area contributed by atoms with Crippen molar-refractivity contribution in [2.45, 2.75) is 0 Å². The molecule has 3 nitrogen and oxygen atoms in total. The molecule has 0 spiro atoms. The standard InChI is InChI=1S/C20H13N3/c1-2-4-15-11-16(6-5-14(15)3-1)23-19-7-9-21-12-17(19)18-13-22-10-8-20(18)23/h1-13H. The molecule has 0 radical (unpaired) electrons. The van der Waals surface area contributed by atoms with Crippen molar-refractivity contribution in [2.24, 2.45) is 0 Å². The molecule has 0 fully saturated rings. The molecule has 0 aliphatic carbocycles. The van der Waals surface area contributed by atoms with Gasteiger partial charge < -0.3 is 4.57 Å². The van der Waals surface area contributed by atoms with Crippen molar-refractivity contribution in [1.29, 1.82) is 0 Å². The summed E-state index contributed by atoms with van der Waals surface area (Å²) in [4.78, 5) is 8.56. The van der Waals surface area contributed by atoms with E-state index in [2.05, 4.69) is 69.1 Å². The lowest BCUT2D eigenvalue weighted by Crippen LogP contribution is -1.93. The maximum Gasteiger partial charge on any atom is 0.0572 e. The molecule has 3 aromatic heterocycles. The lowest BCUT2D eigenvalue weighted by atomic mass is 10.1. The van der Waals surface area contributed by atoms with Crippen molar-refractivity contribution in [1.82, 2.24) is 14.5 Å². The zero-order valence-electron chi connectivity index (χ0n) is 12.3. The lowest BCUT2D eigenvalue weighted by molar-refractivity contribution is 1.17. The van der Waals surface area contributed by atoms with Gasteiger partial charge in [-0.1, -0.05) is 30.3 Å². The number of hydrogen-bond donors (Lipinski definition) is 0. The second-order valence-corrected chi connectivity index (χ2v) is 5.65. The Morgan fingerprint density at radius 1 is 0.652 bits per heavy atom. The maximum absolute atomic E-state index is 4.28. The van der Waals surface area contributed by atoms with Gasteiger partial charge in [0.25, 0.3) is 0 Å². The Morgan fingerprint density at radius 2 is 1.30 bits per heavy atom. The molecule has 0 unspecified atom stereocenters. The third-order valence-corrected chi connectivity index (χ3v) is 4.36. The second-order valence-electron chi connectivity index (χ2n) is 5.65. The first-order chi connectivity index (χ1) is 11.4. The van der Waals surface area contributed by atoms with Gasteiger partial charge >= 0.3 is 0 Å². The highest BCUT2D eigenvalue weighted by molar-refractivity contribution is 6.08. The van der Waals surface area contributed by atoms with Crippen LogP contribution in [0.1, 0.15) is 0 Å². The van der Waals surface area contributed by atoms with Crippen LogP contribution < -0.4 is 0 Å². The Kier molecular flexibility index (Phi) is 2.50. The van der Waals surface area contributed by atoms with E-state index in [0.29, 0.717) is 0 Å². The molecule has 0 amide bonds. The zero-order valence-corrected chi connectivity index (χ0v) is 12.3. The van der Waals surface area contributed by atoms with Gasteiger partial charge in [0, 0.05) is 41.2 Å². The summed E-state index contributed by atoms with van der Waals surface area (Å²) in [7, 11) is 0. The normalized spacial score (nSPS) is 11.5. The van der Waals surface area contributed by atoms with Gasteiger partial charge in [-0.3, -0.25) is 9.97 Å². The van der Waals surface area contributed by atoms with Gasteiger partial charge in [-0.15, -0.1) is 0 Å². The van der Waals surface area contributed by atoms with Gasteiger partial charge in [0.05, 0.1) is 11.0 Å². The minimum atomic E-state index is 1.13. The number of benzene rings is 2. The molecule has 5 rings (SSSR count). The number of aromatic nitrogens is 3. The Labute approximate surface area is 132 Å². The highest BCUT2D eigenvalue weighted by atomic mass is 15.0. The Balaban J connectivity index is 1.93. The predicted molar refractivity (Wildman–Crippen MR) is 93.9 cm³/mol. The van der Waals surface area contributed by atoms with Crippen LogP contribution in [0, 0.1) is 0 Å². The fraction of sp³-hybridized carbons (Fsp3) is 0. The average Bonchev–Trinajstić information content (AvgIpc) is 2.96. The van der Waals surface area contributed by atoms with E-state index >= 15 is 0 Å². The molecule has 3 heteroatoms. The van der Waals surface area contributed by atoms with Crippen molar-refractivity contribution in [3.8, 4) is 5.69 Å². The summed E-state index contributed by atoms with van der Waals surface area (Å²) in [5.41, 5.74) is 3.46. The third-order valence-electron chi connectivity index (χ3n) is 4.36. The summed E-state index contributed by atoms with van der Waals surface area (Å²) in [5.74, 6) is 0. The van der Waals surface area contributed by atoms with E-state index in [4.69, 9.17) is 0 Å². The van der Waals surface area contributed by atoms with Crippen LogP contribution in [0.15, 0.2) is 79.4 Å². The zero-order chi connectivity index (χ0) is 15.2. The Morgan fingerprint density at radius 3 is 2.00 bits per heavy atom. The number of rotatable bonds is 1. The molecular formula is C20H13N3. The molecule has 0 saturated carbocycles. The number of fused-ring (bicyclic) bond motifs is 4. The van der Waals surface area contributed by atoms with Gasteiger partial charge in [0.15, 0.2) is 0 Å². The topological polar surface area (TPSA) is 30.7 Å². The molecule has 5 aromatic rings. The molecule has 0 aliphatic heterocycles. The Hall–Kier alpha value is -3.20.